The molecule has 0 aromatic heterocycles. The first-order valence-electron chi connectivity index (χ1n) is 6.62. The van der Waals surface area contributed by atoms with Crippen LogP contribution in [-0.4, -0.2) is 53.2 Å². The second kappa shape index (κ2) is 6.14. The molecule has 2 atom stereocenters. The van der Waals surface area contributed by atoms with Crippen molar-refractivity contribution in [3.8, 4) is 0 Å². The maximum atomic E-state index is 5.95. The second-order valence-corrected chi connectivity index (χ2v) is 5.34. The van der Waals surface area contributed by atoms with Crippen LogP contribution in [0.15, 0.2) is 0 Å². The van der Waals surface area contributed by atoms with E-state index in [4.69, 9.17) is 14.2 Å². The fourth-order valence-electron chi connectivity index (χ4n) is 2.94. The fraction of sp³-hybridized carbons (Fsp3) is 1.00. The van der Waals surface area contributed by atoms with E-state index in [-0.39, 0.29) is 5.41 Å². The summed E-state index contributed by atoms with van der Waals surface area (Å²) in [5, 5.41) is 3.48. The van der Waals surface area contributed by atoms with Crippen LogP contribution in [0.4, 0.5) is 0 Å². The van der Waals surface area contributed by atoms with Gasteiger partial charge in [0, 0.05) is 39.3 Å². The van der Waals surface area contributed by atoms with Crippen LogP contribution < -0.4 is 5.32 Å². The van der Waals surface area contributed by atoms with E-state index >= 15 is 0 Å². The lowest BCUT2D eigenvalue weighted by atomic mass is 9.79. The van der Waals surface area contributed by atoms with Gasteiger partial charge in [0.25, 0.3) is 0 Å². The highest BCUT2D eigenvalue weighted by Gasteiger charge is 2.50. The lowest BCUT2D eigenvalue weighted by Crippen LogP contribution is -2.45. The fourth-order valence-corrected chi connectivity index (χ4v) is 2.94. The number of ether oxygens (including phenoxy) is 3. The van der Waals surface area contributed by atoms with E-state index in [1.54, 1.807) is 14.2 Å². The molecule has 4 heteroatoms. The third-order valence-corrected chi connectivity index (χ3v) is 3.94. The molecule has 100 valence electrons. The monoisotopic (exact) mass is 243 g/mol. The lowest BCUT2D eigenvalue weighted by molar-refractivity contribution is -0.0122. The molecular weight excluding hydrogens is 218 g/mol. The molecule has 1 saturated carbocycles. The molecule has 4 nitrogen and oxygen atoms in total. The molecule has 0 bridgehead atoms. The molecule has 0 aromatic carbocycles. The number of nitrogens with one attached hydrogen (secondary N) is 1. The normalized spacial score (nSPS) is 33.2. The van der Waals surface area contributed by atoms with Crippen LogP contribution in [0.1, 0.15) is 19.3 Å². The summed E-state index contributed by atoms with van der Waals surface area (Å²) in [6.45, 7) is 4.33. The quantitative estimate of drug-likeness (QED) is 0.647. The Morgan fingerprint density at radius 2 is 2.12 bits per heavy atom. The Labute approximate surface area is 104 Å². The summed E-state index contributed by atoms with van der Waals surface area (Å²) < 4.78 is 16.5. The van der Waals surface area contributed by atoms with Crippen LogP contribution in [0.3, 0.4) is 0 Å². The highest BCUT2D eigenvalue weighted by molar-refractivity contribution is 5.00. The van der Waals surface area contributed by atoms with Gasteiger partial charge >= 0.3 is 0 Å². The summed E-state index contributed by atoms with van der Waals surface area (Å²) in [6, 6.07) is 0. The Hall–Kier alpha value is -0.160. The molecule has 17 heavy (non-hydrogen) atoms. The van der Waals surface area contributed by atoms with Crippen molar-refractivity contribution in [1.82, 2.24) is 5.32 Å². The largest absolute Gasteiger partial charge is 0.384 e. The summed E-state index contributed by atoms with van der Waals surface area (Å²) in [5.41, 5.74) is 0.184. The maximum Gasteiger partial charge on any atom is 0.0694 e. The Balaban J connectivity index is 1.88. The molecule has 1 N–H and O–H groups in total. The molecule has 2 fully saturated rings. The van der Waals surface area contributed by atoms with Crippen molar-refractivity contribution in [3.63, 3.8) is 0 Å². The average Bonchev–Trinajstić information content (AvgIpc) is 3.09. The molecular formula is C13H25NO3. The number of methoxy groups -OCH3 is 2. The highest BCUT2D eigenvalue weighted by Crippen LogP contribution is 2.47. The molecule has 1 heterocycles. The molecule has 1 saturated heterocycles. The van der Waals surface area contributed by atoms with E-state index in [0.29, 0.717) is 6.10 Å². The van der Waals surface area contributed by atoms with Gasteiger partial charge in [0.15, 0.2) is 0 Å². The molecule has 0 radical (unpaired) electrons. The van der Waals surface area contributed by atoms with Gasteiger partial charge in [-0.05, 0) is 25.2 Å². The molecule has 1 aliphatic carbocycles. The average molecular weight is 243 g/mol. The first-order chi connectivity index (χ1) is 8.32. The standard InChI is InChI=1S/C13H25NO3/c1-15-8-6-14-9-13(10-16-2)5-7-17-12(13)11-3-4-11/h11-12,14H,3-10H2,1-2H3. The van der Waals surface area contributed by atoms with Crippen LogP contribution in [0.5, 0.6) is 0 Å². The van der Waals surface area contributed by atoms with Crippen LogP contribution in [0, 0.1) is 11.3 Å². The van der Waals surface area contributed by atoms with E-state index in [9.17, 15) is 0 Å². The summed E-state index contributed by atoms with van der Waals surface area (Å²) in [5.74, 6) is 0.775. The number of rotatable bonds is 8. The van der Waals surface area contributed by atoms with Crippen molar-refractivity contribution in [2.75, 3.05) is 47.1 Å². The number of hydrogen-bond acceptors (Lipinski definition) is 4. The van der Waals surface area contributed by atoms with Gasteiger partial charge in [-0.15, -0.1) is 0 Å². The molecule has 2 rings (SSSR count). The first kappa shape index (κ1) is 13.3. The van der Waals surface area contributed by atoms with E-state index in [2.05, 4.69) is 5.32 Å². The SMILES string of the molecule is COCCNCC1(COC)CCOC1C1CC1. The van der Waals surface area contributed by atoms with Crippen molar-refractivity contribution in [3.05, 3.63) is 0 Å². The van der Waals surface area contributed by atoms with Gasteiger partial charge in [0.2, 0.25) is 0 Å². The van der Waals surface area contributed by atoms with Crippen LogP contribution >= 0.6 is 0 Å². The van der Waals surface area contributed by atoms with Crippen molar-refractivity contribution in [2.24, 2.45) is 11.3 Å². The Kier molecular flexibility index (Phi) is 4.79. The predicted molar refractivity (Wildman–Crippen MR) is 66.1 cm³/mol. The smallest absolute Gasteiger partial charge is 0.0694 e. The number of hydrogen-bond donors (Lipinski definition) is 1. The summed E-state index contributed by atoms with van der Waals surface area (Å²) >= 11 is 0. The van der Waals surface area contributed by atoms with Crippen molar-refractivity contribution < 1.29 is 14.2 Å². The Morgan fingerprint density at radius 3 is 2.76 bits per heavy atom. The van der Waals surface area contributed by atoms with Crippen molar-refractivity contribution in [1.29, 1.82) is 0 Å². The second-order valence-electron chi connectivity index (χ2n) is 5.34. The van der Waals surface area contributed by atoms with Gasteiger partial charge in [-0.3, -0.25) is 0 Å². The minimum absolute atomic E-state index is 0.184. The Bertz CT molecular complexity index is 233. The predicted octanol–water partition coefficient (Wildman–Crippen LogP) is 1.05. The van der Waals surface area contributed by atoms with E-state index in [1.807, 2.05) is 0 Å². The molecule has 0 amide bonds. The lowest BCUT2D eigenvalue weighted by Gasteiger charge is -2.34. The van der Waals surface area contributed by atoms with Crippen molar-refractivity contribution in [2.45, 2.75) is 25.4 Å². The summed E-state index contributed by atoms with van der Waals surface area (Å²) in [7, 11) is 3.53. The molecule has 2 aliphatic rings. The minimum atomic E-state index is 0.184. The zero-order chi connectivity index (χ0) is 12.1. The summed E-state index contributed by atoms with van der Waals surface area (Å²) in [4.78, 5) is 0. The molecule has 2 unspecified atom stereocenters. The zero-order valence-corrected chi connectivity index (χ0v) is 11.0. The third-order valence-electron chi connectivity index (χ3n) is 3.94. The van der Waals surface area contributed by atoms with Gasteiger partial charge in [0.1, 0.15) is 0 Å². The topological polar surface area (TPSA) is 39.7 Å². The Morgan fingerprint density at radius 1 is 1.29 bits per heavy atom. The molecule has 1 aliphatic heterocycles. The van der Waals surface area contributed by atoms with Gasteiger partial charge < -0.3 is 19.5 Å². The van der Waals surface area contributed by atoms with E-state index < -0.39 is 0 Å². The summed E-state index contributed by atoms with van der Waals surface area (Å²) in [6.07, 6.45) is 4.17. The van der Waals surface area contributed by atoms with Gasteiger partial charge in [-0.25, -0.2) is 0 Å². The maximum absolute atomic E-state index is 5.95. The van der Waals surface area contributed by atoms with Crippen LogP contribution in [-0.2, 0) is 14.2 Å². The minimum Gasteiger partial charge on any atom is -0.384 e. The zero-order valence-electron chi connectivity index (χ0n) is 11.0. The van der Waals surface area contributed by atoms with Crippen LogP contribution in [0.25, 0.3) is 0 Å². The molecule has 0 aromatic rings. The van der Waals surface area contributed by atoms with E-state index in [1.165, 1.54) is 12.8 Å². The molecule has 0 spiro atoms. The van der Waals surface area contributed by atoms with Crippen LogP contribution in [0.2, 0.25) is 0 Å². The van der Waals surface area contributed by atoms with Crippen molar-refractivity contribution >= 4 is 0 Å². The van der Waals surface area contributed by atoms with Gasteiger partial charge in [-0.1, -0.05) is 0 Å². The third kappa shape index (κ3) is 3.19. The highest BCUT2D eigenvalue weighted by atomic mass is 16.5. The van der Waals surface area contributed by atoms with Gasteiger partial charge in [-0.2, -0.15) is 0 Å². The first-order valence-corrected chi connectivity index (χ1v) is 6.62. The van der Waals surface area contributed by atoms with Gasteiger partial charge in [0.05, 0.1) is 19.3 Å². The van der Waals surface area contributed by atoms with E-state index in [0.717, 1.165) is 45.2 Å².